The maximum Gasteiger partial charge on any atom is 0.0552 e. The average Bonchev–Trinajstić information content (AvgIpc) is 3.16. The third kappa shape index (κ3) is 21.0. The monoisotopic (exact) mass is 891 g/mol. The van der Waals surface area contributed by atoms with E-state index in [1.54, 1.807) is 0 Å². The molecule has 0 heterocycles. The van der Waals surface area contributed by atoms with Crippen LogP contribution in [-0.4, -0.2) is 524 Å². The quantitative estimate of drug-likeness (QED) is 0.0557. The van der Waals surface area contributed by atoms with Crippen LogP contribution in [0, 0.1) is 0 Å². The molecule has 0 N–H and O–H groups in total. The van der Waals surface area contributed by atoms with Crippen LogP contribution < -0.4 is 0 Å². The highest BCUT2D eigenvalue weighted by atomic mass is 13.5. The summed E-state index contributed by atoms with van der Waals surface area (Å²) in [6, 6.07) is 0. The summed E-state index contributed by atoms with van der Waals surface area (Å²) in [4.78, 5) is 0. The summed E-state index contributed by atoms with van der Waals surface area (Å²) in [5.41, 5.74) is 0. The minimum absolute atomic E-state index is 0.548. The molecule has 0 aromatic rings. The molecule has 0 spiro atoms. The summed E-state index contributed by atoms with van der Waals surface area (Å²) in [5, 5.41) is 0. The molecule has 0 radical (unpaired) electrons. The summed E-state index contributed by atoms with van der Waals surface area (Å²) in [6.45, 7) is 0. The normalized spacial score (nSPS) is 9.78. The highest BCUT2D eigenvalue weighted by Crippen LogP contribution is 2.27. The molecular weight excluding hydrogens is 800 g/mol. The minimum Gasteiger partial charge on any atom is 0.00000461 e. The van der Waals surface area contributed by atoms with Crippen LogP contribution in [0.15, 0.2) is 0 Å². The first-order valence-corrected chi connectivity index (χ1v) is 33.6. The minimum atomic E-state index is 0.548. The third-order valence-corrected chi connectivity index (χ3v) is 21.7. The Morgan fingerprint density at radius 2 is 0.122 bits per heavy atom. The fourth-order valence-electron chi connectivity index (χ4n) is 21.5. The van der Waals surface area contributed by atoms with Crippen LogP contribution in [0.1, 0.15) is 0 Å². The van der Waals surface area contributed by atoms with Crippen molar-refractivity contribution in [3.05, 3.63) is 0 Å². The van der Waals surface area contributed by atoms with Crippen molar-refractivity contribution in [3.8, 4) is 0 Å². The standard InChI is InChI=1S/B74H76/c1-39(2)58(40(3)4)67(57(37)38)72(68(59(41(5)6)42(7)8)60(43(9)10)44(11)12)74(71(65(53(29)30)54(31)32)66(55(33)34)56(35)36)73(69(61(45(13)14)46(15)16)62(47(17)18)48(19)20)70(63(49(21)22)50(23)24)64(51(25)26)52(27)28/h1-38H2. The van der Waals surface area contributed by atoms with Crippen molar-refractivity contribution in [1.82, 2.24) is 0 Å². The molecule has 74 heavy (non-hydrogen) atoms. The van der Waals surface area contributed by atoms with Crippen molar-refractivity contribution in [2.45, 2.75) is 0 Å². The van der Waals surface area contributed by atoms with Crippen LogP contribution in [0.3, 0.4) is 0 Å². The van der Waals surface area contributed by atoms with Crippen LogP contribution >= 0.6 is 0 Å². The molecule has 0 aliphatic heterocycles. The van der Waals surface area contributed by atoms with Crippen molar-refractivity contribution in [1.29, 1.82) is 0 Å². The molecule has 0 unspecified atom stereocenters. The van der Waals surface area contributed by atoms with Crippen LogP contribution in [0.4, 0.5) is 0 Å². The predicted molar refractivity (Wildman–Crippen MR) is 532 cm³/mol. The Balaban J connectivity index is 12.1. The summed E-state index contributed by atoms with van der Waals surface area (Å²) >= 11 is 0. The van der Waals surface area contributed by atoms with Gasteiger partial charge in [-0.2, -0.15) is 0 Å². The van der Waals surface area contributed by atoms with E-state index in [1.165, 1.54) is 0 Å². The second kappa shape index (κ2) is 36.1. The molecule has 0 saturated heterocycles. The van der Waals surface area contributed by atoms with Gasteiger partial charge in [0.2, 0.25) is 0 Å². The van der Waals surface area contributed by atoms with Gasteiger partial charge in [-0.25, -0.2) is 0 Å². The molecule has 74 heteroatoms. The van der Waals surface area contributed by atoms with Gasteiger partial charge in [0.1, 0.15) is 0 Å². The maximum absolute atomic E-state index is 2.76. The largest absolute Gasteiger partial charge is 0.0552 e. The van der Waals surface area contributed by atoms with Gasteiger partial charge in [-0.3, -0.25) is 0 Å². The Kier molecular flexibility index (Phi) is 38.4. The van der Waals surface area contributed by atoms with Gasteiger partial charge in [0.05, 0.1) is 294 Å². The summed E-state index contributed by atoms with van der Waals surface area (Å²) in [5.74, 6) is 0. The Bertz CT molecular complexity index is 1230. The fraction of sp³-hybridized carbons (Fsp3) is 0. The molecule has 0 saturated carbocycles. The third-order valence-electron chi connectivity index (χ3n) is 21.7. The van der Waals surface area contributed by atoms with Gasteiger partial charge in [-0.1, -0.05) is 0 Å². The number of hydrogen-bond donors (Lipinski definition) is 0. The van der Waals surface area contributed by atoms with E-state index in [4.69, 9.17) is 0 Å². The van der Waals surface area contributed by atoms with Gasteiger partial charge in [0.15, 0.2) is 0 Å². The number of rotatable bonds is 35. The second-order valence-corrected chi connectivity index (χ2v) is 33.5. The van der Waals surface area contributed by atoms with E-state index in [-0.39, 0.29) is 0 Å². The van der Waals surface area contributed by atoms with E-state index in [2.05, 4.69) is 294 Å². The molecule has 0 aromatic carbocycles. The molecule has 0 rings (SSSR count). The van der Waals surface area contributed by atoms with Crippen LogP contribution in [0.25, 0.3) is 0 Å². The Morgan fingerprint density at radius 1 is 0.0676 bits per heavy atom. The van der Waals surface area contributed by atoms with E-state index in [0.717, 1.165) is 0 Å². The zero-order valence-electron chi connectivity index (χ0n) is 58.8. The van der Waals surface area contributed by atoms with Gasteiger partial charge >= 0.3 is 0 Å². The smallest absolute Gasteiger partial charge is 0.00000461 e. The van der Waals surface area contributed by atoms with Crippen molar-refractivity contribution >= 4 is 524 Å². The van der Waals surface area contributed by atoms with Gasteiger partial charge < -0.3 is 0 Å². The van der Waals surface area contributed by atoms with Crippen molar-refractivity contribution < 1.29 is 0 Å². The molecule has 0 aromatic heterocycles. The van der Waals surface area contributed by atoms with Crippen LogP contribution in [0.5, 0.6) is 0 Å². The SMILES string of the molecule is BB(B)B(B(B)B)B(B(B)B)B(B(B(B(B)B)B(B)B)B(B(B)B)B(B)B)B(B(B(B(B)B)B(B)B)B(B(B)B)B(B)B)B(B(B(B(B)B)B(B)B)B(B(B)B)B(B)B)B(B(B(B)B)B(B)B)B(B(B)B)B(B)B. The molecule has 0 amide bonds. The molecule has 298 valence electrons. The lowest BCUT2D eigenvalue weighted by atomic mass is 8.21. The average molecular weight is 877 g/mol. The van der Waals surface area contributed by atoms with Crippen molar-refractivity contribution in [2.75, 3.05) is 0 Å². The number of hydrogen-bond acceptors (Lipinski definition) is 0. The lowest BCUT2D eigenvalue weighted by Crippen LogP contribution is -2.99. The maximum atomic E-state index is 2.76. The summed E-state index contributed by atoms with van der Waals surface area (Å²) in [6.07, 6.45) is 21.5. The molecule has 0 aliphatic carbocycles. The van der Waals surface area contributed by atoms with Gasteiger partial charge in [0, 0.05) is 230 Å². The fourth-order valence-corrected chi connectivity index (χ4v) is 21.5. The molecule has 0 nitrogen and oxygen atoms in total. The predicted octanol–water partition coefficient (Wildman–Crippen LogP) is -48.5. The molecular formula is H76B74. The molecule has 0 aliphatic rings. The Morgan fingerprint density at radius 3 is 0.203 bits per heavy atom. The van der Waals surface area contributed by atoms with Crippen molar-refractivity contribution in [3.63, 3.8) is 0 Å². The first-order chi connectivity index (χ1) is 33.6. The van der Waals surface area contributed by atoms with E-state index in [0.29, 0.717) is 230 Å². The van der Waals surface area contributed by atoms with E-state index in [1.807, 2.05) is 0 Å². The summed E-state index contributed by atoms with van der Waals surface area (Å²) in [7, 11) is 102. The van der Waals surface area contributed by atoms with Gasteiger partial charge in [0.25, 0.3) is 0 Å². The first kappa shape index (κ1) is 78.8. The zero-order chi connectivity index (χ0) is 58.8. The van der Waals surface area contributed by atoms with E-state index >= 15 is 0 Å². The Labute approximate surface area is 519 Å². The van der Waals surface area contributed by atoms with Gasteiger partial charge in [-0.05, 0) is 0 Å². The van der Waals surface area contributed by atoms with Crippen molar-refractivity contribution in [2.24, 2.45) is 0 Å². The van der Waals surface area contributed by atoms with E-state index in [9.17, 15) is 0 Å². The molecule has 0 atom stereocenters. The highest BCUT2D eigenvalue weighted by Gasteiger charge is 2.65. The zero-order valence-corrected chi connectivity index (χ0v) is 58.8. The first-order valence-electron chi connectivity index (χ1n) is 33.6. The van der Waals surface area contributed by atoms with E-state index < -0.39 is 0 Å². The van der Waals surface area contributed by atoms with Crippen LogP contribution in [0.2, 0.25) is 0 Å². The van der Waals surface area contributed by atoms with Gasteiger partial charge in [-0.15, -0.1) is 0 Å². The molecule has 0 fully saturated rings. The lowest BCUT2D eigenvalue weighted by Gasteiger charge is -2.60. The Hall–Kier alpha value is 4.81. The topological polar surface area (TPSA) is 0 Å². The van der Waals surface area contributed by atoms with Crippen LogP contribution in [-0.2, 0) is 0 Å². The summed E-state index contributed by atoms with van der Waals surface area (Å²) < 4.78 is 0. The molecule has 0 bridgehead atoms. The lowest BCUT2D eigenvalue weighted by molar-refractivity contribution is 3.15. The second-order valence-electron chi connectivity index (χ2n) is 33.5. The highest BCUT2D eigenvalue weighted by molar-refractivity contribution is 8.40.